The molecule has 0 radical (unpaired) electrons. The van der Waals surface area contributed by atoms with Gasteiger partial charge in [0.25, 0.3) is 0 Å². The number of nitrogens with one attached hydrogen (secondary N) is 1. The van der Waals surface area contributed by atoms with Crippen LogP contribution in [0.3, 0.4) is 0 Å². The molecule has 0 aromatic heterocycles. The summed E-state index contributed by atoms with van der Waals surface area (Å²) < 4.78 is 0. The molecule has 0 heterocycles. The van der Waals surface area contributed by atoms with Gasteiger partial charge in [-0.25, -0.2) is 0 Å². The third-order valence-electron chi connectivity index (χ3n) is 2.76. The number of para-hydroxylation sites is 1. The third-order valence-corrected chi connectivity index (χ3v) is 2.76. The minimum Gasteiger partial charge on any atom is -0.507 e. The monoisotopic (exact) mass is 217 g/mol. The second kappa shape index (κ2) is 6.19. The summed E-state index contributed by atoms with van der Waals surface area (Å²) in [5.74, 6) is 3.04. The highest BCUT2D eigenvalue weighted by Gasteiger charge is 2.07. The largest absolute Gasteiger partial charge is 0.507 e. The summed E-state index contributed by atoms with van der Waals surface area (Å²) in [6, 6.07) is 6.11. The zero-order valence-corrected chi connectivity index (χ0v) is 9.96. The fourth-order valence-corrected chi connectivity index (χ4v) is 1.62. The first-order chi connectivity index (χ1) is 7.69. The van der Waals surface area contributed by atoms with Crippen LogP contribution in [0.1, 0.15) is 30.9 Å². The molecule has 0 aliphatic carbocycles. The number of phenolic OH excluding ortho intramolecular Hbond substituents is 1. The Morgan fingerprint density at radius 1 is 1.50 bits per heavy atom. The van der Waals surface area contributed by atoms with Crippen molar-refractivity contribution < 1.29 is 5.11 Å². The molecule has 1 aromatic carbocycles. The van der Waals surface area contributed by atoms with E-state index in [1.54, 1.807) is 0 Å². The average Bonchev–Trinajstić information content (AvgIpc) is 2.29. The van der Waals surface area contributed by atoms with E-state index in [1.807, 2.05) is 25.1 Å². The standard InChI is InChI=1S/C14H19NO/c1-4-7-13(5-2)15-10-12-9-6-8-11(3)14(12)16/h1,6,8-9,13,15-16H,5,7,10H2,2-3H3. The minimum atomic E-state index is 0.324. The van der Waals surface area contributed by atoms with Crippen LogP contribution in [0.15, 0.2) is 18.2 Å². The highest BCUT2D eigenvalue weighted by molar-refractivity contribution is 5.39. The Bertz CT molecular complexity index is 379. The number of rotatable bonds is 5. The Morgan fingerprint density at radius 3 is 2.88 bits per heavy atom. The van der Waals surface area contributed by atoms with Gasteiger partial charge in [-0.05, 0) is 18.9 Å². The van der Waals surface area contributed by atoms with Crippen LogP contribution in [0.25, 0.3) is 0 Å². The fourth-order valence-electron chi connectivity index (χ4n) is 1.62. The minimum absolute atomic E-state index is 0.324. The number of terminal acetylenes is 1. The molecule has 1 rings (SSSR count). The zero-order valence-electron chi connectivity index (χ0n) is 9.96. The molecule has 1 atom stereocenters. The van der Waals surface area contributed by atoms with Crippen LogP contribution in [0.5, 0.6) is 5.75 Å². The summed E-state index contributed by atoms with van der Waals surface area (Å²) in [5, 5.41) is 13.2. The average molecular weight is 217 g/mol. The Labute approximate surface area is 97.7 Å². The van der Waals surface area contributed by atoms with E-state index in [9.17, 15) is 5.11 Å². The van der Waals surface area contributed by atoms with Crippen LogP contribution in [0.4, 0.5) is 0 Å². The molecule has 2 N–H and O–H groups in total. The molecule has 0 saturated carbocycles. The van der Waals surface area contributed by atoms with Crippen LogP contribution in [-0.4, -0.2) is 11.1 Å². The molecular weight excluding hydrogens is 198 g/mol. The van der Waals surface area contributed by atoms with Crippen molar-refractivity contribution in [3.8, 4) is 18.1 Å². The molecule has 1 aromatic rings. The molecule has 1 unspecified atom stereocenters. The van der Waals surface area contributed by atoms with Gasteiger partial charge in [-0.3, -0.25) is 0 Å². The highest BCUT2D eigenvalue weighted by atomic mass is 16.3. The van der Waals surface area contributed by atoms with Crippen LogP contribution >= 0.6 is 0 Å². The summed E-state index contributed by atoms with van der Waals surface area (Å²) in [6.45, 7) is 4.66. The molecule has 0 amide bonds. The normalized spacial score (nSPS) is 12.1. The first-order valence-corrected chi connectivity index (χ1v) is 5.63. The maximum absolute atomic E-state index is 9.83. The summed E-state index contributed by atoms with van der Waals surface area (Å²) in [5.41, 5.74) is 1.83. The summed E-state index contributed by atoms with van der Waals surface area (Å²) in [6.07, 6.45) is 7.01. The predicted octanol–water partition coefficient (Wildman–Crippen LogP) is 2.59. The Kier molecular flexibility index (Phi) is 4.88. The van der Waals surface area contributed by atoms with Crippen molar-refractivity contribution >= 4 is 0 Å². The molecule has 2 heteroatoms. The number of aromatic hydroxyl groups is 1. The molecular formula is C14H19NO. The second-order valence-electron chi connectivity index (χ2n) is 3.98. The highest BCUT2D eigenvalue weighted by Crippen LogP contribution is 2.21. The van der Waals surface area contributed by atoms with Crippen LogP contribution < -0.4 is 5.32 Å². The van der Waals surface area contributed by atoms with Crippen LogP contribution in [0, 0.1) is 19.3 Å². The summed E-state index contributed by atoms with van der Waals surface area (Å²) in [7, 11) is 0. The third kappa shape index (κ3) is 3.29. The molecule has 0 aliphatic rings. The Morgan fingerprint density at radius 2 is 2.25 bits per heavy atom. The molecule has 2 nitrogen and oxygen atoms in total. The van der Waals surface area contributed by atoms with E-state index in [0.717, 1.165) is 24.0 Å². The van der Waals surface area contributed by atoms with Gasteiger partial charge < -0.3 is 10.4 Å². The number of aryl methyl sites for hydroxylation is 1. The smallest absolute Gasteiger partial charge is 0.122 e. The van der Waals surface area contributed by atoms with Crippen molar-refractivity contribution in [3.63, 3.8) is 0 Å². The molecule has 86 valence electrons. The maximum atomic E-state index is 9.83. The fraction of sp³-hybridized carbons (Fsp3) is 0.429. The lowest BCUT2D eigenvalue weighted by Gasteiger charge is -2.15. The van der Waals surface area contributed by atoms with Gasteiger partial charge in [0, 0.05) is 24.6 Å². The van der Waals surface area contributed by atoms with E-state index in [4.69, 9.17) is 6.42 Å². The van der Waals surface area contributed by atoms with E-state index >= 15 is 0 Å². The Hall–Kier alpha value is -1.46. The molecule has 0 saturated heterocycles. The van der Waals surface area contributed by atoms with E-state index in [0.29, 0.717) is 18.3 Å². The van der Waals surface area contributed by atoms with Gasteiger partial charge in [0.05, 0.1) is 0 Å². The number of hydrogen-bond acceptors (Lipinski definition) is 2. The molecule has 16 heavy (non-hydrogen) atoms. The van der Waals surface area contributed by atoms with Gasteiger partial charge in [-0.2, -0.15) is 0 Å². The van der Waals surface area contributed by atoms with Crippen molar-refractivity contribution in [1.29, 1.82) is 0 Å². The first-order valence-electron chi connectivity index (χ1n) is 5.63. The van der Waals surface area contributed by atoms with Crippen molar-refractivity contribution in [2.45, 2.75) is 39.3 Å². The van der Waals surface area contributed by atoms with Gasteiger partial charge in [0.2, 0.25) is 0 Å². The van der Waals surface area contributed by atoms with Gasteiger partial charge >= 0.3 is 0 Å². The molecule has 0 spiro atoms. The van der Waals surface area contributed by atoms with Crippen molar-refractivity contribution in [2.75, 3.05) is 0 Å². The molecule has 0 fully saturated rings. The molecule has 0 aliphatic heterocycles. The quantitative estimate of drug-likeness (QED) is 0.743. The maximum Gasteiger partial charge on any atom is 0.122 e. The Balaban J connectivity index is 2.60. The van der Waals surface area contributed by atoms with Crippen LogP contribution in [0.2, 0.25) is 0 Å². The lowest BCUT2D eigenvalue weighted by atomic mass is 10.1. The SMILES string of the molecule is C#CCC(CC)NCc1cccc(C)c1O. The first kappa shape index (κ1) is 12.6. The summed E-state index contributed by atoms with van der Waals surface area (Å²) >= 11 is 0. The zero-order chi connectivity index (χ0) is 12.0. The number of hydrogen-bond donors (Lipinski definition) is 2. The van der Waals surface area contributed by atoms with Crippen molar-refractivity contribution in [1.82, 2.24) is 5.32 Å². The molecule has 0 bridgehead atoms. The number of phenols is 1. The van der Waals surface area contributed by atoms with E-state index in [1.165, 1.54) is 0 Å². The number of benzene rings is 1. The van der Waals surface area contributed by atoms with E-state index in [2.05, 4.69) is 18.2 Å². The predicted molar refractivity (Wildman–Crippen MR) is 67.2 cm³/mol. The van der Waals surface area contributed by atoms with Gasteiger partial charge in [0.15, 0.2) is 0 Å². The van der Waals surface area contributed by atoms with Crippen molar-refractivity contribution in [3.05, 3.63) is 29.3 Å². The second-order valence-corrected chi connectivity index (χ2v) is 3.98. The topological polar surface area (TPSA) is 32.3 Å². The van der Waals surface area contributed by atoms with Crippen molar-refractivity contribution in [2.24, 2.45) is 0 Å². The lowest BCUT2D eigenvalue weighted by molar-refractivity contribution is 0.450. The van der Waals surface area contributed by atoms with Gasteiger partial charge in [0.1, 0.15) is 5.75 Å². The van der Waals surface area contributed by atoms with E-state index < -0.39 is 0 Å². The van der Waals surface area contributed by atoms with Crippen LogP contribution in [-0.2, 0) is 6.54 Å². The van der Waals surface area contributed by atoms with E-state index in [-0.39, 0.29) is 0 Å². The van der Waals surface area contributed by atoms with Gasteiger partial charge in [-0.1, -0.05) is 25.1 Å². The summed E-state index contributed by atoms with van der Waals surface area (Å²) in [4.78, 5) is 0. The van der Waals surface area contributed by atoms with Gasteiger partial charge in [-0.15, -0.1) is 12.3 Å². The lowest BCUT2D eigenvalue weighted by Crippen LogP contribution is -2.27.